The van der Waals surface area contributed by atoms with Crippen LogP contribution in [0.2, 0.25) is 0 Å². The van der Waals surface area contributed by atoms with Crippen molar-refractivity contribution in [3.8, 4) is 17.8 Å². The minimum Gasteiger partial charge on any atom is -0.310 e. The molecule has 1 heterocycles. The molecular formula is C15H12FN5. The van der Waals surface area contributed by atoms with E-state index in [1.807, 2.05) is 12.1 Å². The molecular weight excluding hydrogens is 269 g/mol. The third kappa shape index (κ3) is 2.62. The van der Waals surface area contributed by atoms with Crippen LogP contribution in [0.3, 0.4) is 0 Å². The normalized spacial score (nSPS) is 13.7. The predicted molar refractivity (Wildman–Crippen MR) is 72.8 cm³/mol. The summed E-state index contributed by atoms with van der Waals surface area (Å²) in [7, 11) is 0. The third-order valence-corrected chi connectivity index (χ3v) is 3.42. The Balaban J connectivity index is 1.90. The molecule has 1 aliphatic rings. The molecule has 0 atom stereocenters. The molecule has 1 aromatic carbocycles. The zero-order valence-corrected chi connectivity index (χ0v) is 11.2. The monoisotopic (exact) mass is 281 g/mol. The number of hydrogen-bond acceptors (Lipinski definition) is 4. The average Bonchev–Trinajstić information content (AvgIpc) is 3.23. The Morgan fingerprint density at radius 3 is 2.76 bits per heavy atom. The number of imidazole rings is 1. The molecule has 0 spiro atoms. The Labute approximate surface area is 121 Å². The first-order valence-corrected chi connectivity index (χ1v) is 6.62. The van der Waals surface area contributed by atoms with Gasteiger partial charge in [0, 0.05) is 12.6 Å². The molecule has 0 bridgehead atoms. The van der Waals surface area contributed by atoms with Crippen LogP contribution in [0.15, 0.2) is 24.5 Å². The van der Waals surface area contributed by atoms with Crippen molar-refractivity contribution in [1.82, 2.24) is 14.9 Å². The lowest BCUT2D eigenvalue weighted by molar-refractivity contribution is 0.610. The standard InChI is InChI=1S/C15H12FN5/c16-12-5-10(8-19-11-2-3-11)1-4-14(12)21-9-20-13(6-17)15(21)7-18/h1,4-5,9,11,19H,2-3,8H2. The molecule has 21 heavy (non-hydrogen) atoms. The topological polar surface area (TPSA) is 77.4 Å². The largest absolute Gasteiger partial charge is 0.310 e. The Morgan fingerprint density at radius 1 is 1.33 bits per heavy atom. The summed E-state index contributed by atoms with van der Waals surface area (Å²) < 4.78 is 15.5. The van der Waals surface area contributed by atoms with E-state index in [-0.39, 0.29) is 17.1 Å². The van der Waals surface area contributed by atoms with Gasteiger partial charge in [0.1, 0.15) is 24.3 Å². The van der Waals surface area contributed by atoms with E-state index in [9.17, 15) is 4.39 Å². The van der Waals surface area contributed by atoms with Gasteiger partial charge in [0.25, 0.3) is 0 Å². The summed E-state index contributed by atoms with van der Waals surface area (Å²) in [6, 6.07) is 9.11. The molecule has 5 nitrogen and oxygen atoms in total. The molecule has 6 heteroatoms. The van der Waals surface area contributed by atoms with Crippen LogP contribution in [0, 0.1) is 28.5 Å². The number of nitriles is 2. The highest BCUT2D eigenvalue weighted by Gasteiger charge is 2.20. The molecule has 0 unspecified atom stereocenters. The van der Waals surface area contributed by atoms with Crippen LogP contribution in [0.5, 0.6) is 0 Å². The molecule has 0 radical (unpaired) electrons. The summed E-state index contributed by atoms with van der Waals surface area (Å²) in [4.78, 5) is 3.81. The first-order chi connectivity index (χ1) is 10.2. The maximum Gasteiger partial charge on any atom is 0.177 e. The molecule has 0 aliphatic heterocycles. The molecule has 3 rings (SSSR count). The minimum atomic E-state index is -0.441. The van der Waals surface area contributed by atoms with Crippen molar-refractivity contribution in [3.63, 3.8) is 0 Å². The number of benzene rings is 1. The third-order valence-electron chi connectivity index (χ3n) is 3.42. The van der Waals surface area contributed by atoms with Crippen LogP contribution in [-0.4, -0.2) is 15.6 Å². The predicted octanol–water partition coefficient (Wildman–Crippen LogP) is 2.01. The molecule has 1 saturated carbocycles. The fourth-order valence-corrected chi connectivity index (χ4v) is 2.13. The van der Waals surface area contributed by atoms with E-state index in [2.05, 4.69) is 10.3 Å². The number of rotatable bonds is 4. The highest BCUT2D eigenvalue weighted by molar-refractivity contribution is 5.45. The summed E-state index contributed by atoms with van der Waals surface area (Å²) in [5.41, 5.74) is 1.11. The summed E-state index contributed by atoms with van der Waals surface area (Å²) in [6.07, 6.45) is 3.65. The van der Waals surface area contributed by atoms with Crippen molar-refractivity contribution in [3.05, 3.63) is 47.3 Å². The quantitative estimate of drug-likeness (QED) is 0.929. The Morgan fingerprint density at radius 2 is 2.14 bits per heavy atom. The first kappa shape index (κ1) is 13.3. The van der Waals surface area contributed by atoms with E-state index >= 15 is 0 Å². The Kier molecular flexibility index (Phi) is 3.39. The number of hydrogen-bond donors (Lipinski definition) is 1. The number of halogens is 1. The van der Waals surface area contributed by atoms with Crippen LogP contribution in [0.1, 0.15) is 29.8 Å². The zero-order valence-electron chi connectivity index (χ0n) is 11.2. The molecule has 1 aliphatic carbocycles. The van der Waals surface area contributed by atoms with Crippen molar-refractivity contribution in [2.75, 3.05) is 0 Å². The molecule has 1 aromatic heterocycles. The maximum atomic E-state index is 14.2. The second-order valence-electron chi connectivity index (χ2n) is 4.98. The fraction of sp³-hybridized carbons (Fsp3) is 0.267. The minimum absolute atomic E-state index is 0.00336. The van der Waals surface area contributed by atoms with Crippen molar-refractivity contribution in [2.24, 2.45) is 0 Å². The van der Waals surface area contributed by atoms with E-state index in [0.717, 1.165) is 5.56 Å². The zero-order chi connectivity index (χ0) is 14.8. The Bertz CT molecular complexity index is 761. The van der Waals surface area contributed by atoms with Gasteiger partial charge in [-0.2, -0.15) is 10.5 Å². The lowest BCUT2D eigenvalue weighted by Crippen LogP contribution is -2.15. The van der Waals surface area contributed by atoms with Gasteiger partial charge in [-0.25, -0.2) is 9.37 Å². The van der Waals surface area contributed by atoms with Crippen LogP contribution in [0.4, 0.5) is 4.39 Å². The summed E-state index contributed by atoms with van der Waals surface area (Å²) >= 11 is 0. The van der Waals surface area contributed by atoms with Gasteiger partial charge < -0.3 is 5.32 Å². The molecule has 0 amide bonds. The van der Waals surface area contributed by atoms with Crippen LogP contribution < -0.4 is 5.32 Å². The van der Waals surface area contributed by atoms with Gasteiger partial charge in [0.15, 0.2) is 11.4 Å². The molecule has 1 N–H and O–H groups in total. The van der Waals surface area contributed by atoms with Gasteiger partial charge in [-0.15, -0.1) is 0 Å². The van der Waals surface area contributed by atoms with E-state index in [1.165, 1.54) is 29.8 Å². The van der Waals surface area contributed by atoms with Crippen molar-refractivity contribution >= 4 is 0 Å². The number of aromatic nitrogens is 2. The van der Waals surface area contributed by atoms with Gasteiger partial charge >= 0.3 is 0 Å². The van der Waals surface area contributed by atoms with Gasteiger partial charge in [0.2, 0.25) is 0 Å². The second kappa shape index (κ2) is 5.35. The second-order valence-corrected chi connectivity index (χ2v) is 4.98. The summed E-state index contributed by atoms with van der Waals surface area (Å²) in [6.45, 7) is 0.625. The van der Waals surface area contributed by atoms with Crippen LogP contribution in [0.25, 0.3) is 5.69 Å². The highest BCUT2D eigenvalue weighted by Crippen LogP contribution is 2.21. The van der Waals surface area contributed by atoms with Gasteiger partial charge in [-0.3, -0.25) is 4.57 Å². The molecule has 1 fully saturated rings. The smallest absolute Gasteiger partial charge is 0.177 e. The number of nitrogens with one attached hydrogen (secondary N) is 1. The van der Waals surface area contributed by atoms with Crippen LogP contribution >= 0.6 is 0 Å². The fourth-order valence-electron chi connectivity index (χ4n) is 2.13. The molecule has 2 aromatic rings. The van der Waals surface area contributed by atoms with Crippen molar-refractivity contribution in [1.29, 1.82) is 10.5 Å². The van der Waals surface area contributed by atoms with Gasteiger partial charge in [-0.1, -0.05) is 6.07 Å². The van der Waals surface area contributed by atoms with E-state index in [1.54, 1.807) is 12.1 Å². The average molecular weight is 281 g/mol. The first-order valence-electron chi connectivity index (χ1n) is 6.62. The Hall–Kier alpha value is -2.70. The highest BCUT2D eigenvalue weighted by atomic mass is 19.1. The van der Waals surface area contributed by atoms with E-state index in [0.29, 0.717) is 12.6 Å². The maximum absolute atomic E-state index is 14.2. The van der Waals surface area contributed by atoms with Gasteiger partial charge in [-0.05, 0) is 30.5 Å². The van der Waals surface area contributed by atoms with E-state index < -0.39 is 5.82 Å². The lowest BCUT2D eigenvalue weighted by Gasteiger charge is -2.08. The number of nitrogens with zero attached hydrogens (tertiary/aromatic N) is 4. The van der Waals surface area contributed by atoms with E-state index in [4.69, 9.17) is 10.5 Å². The van der Waals surface area contributed by atoms with Crippen LogP contribution in [-0.2, 0) is 6.54 Å². The lowest BCUT2D eigenvalue weighted by atomic mass is 10.2. The van der Waals surface area contributed by atoms with Crippen molar-refractivity contribution < 1.29 is 4.39 Å². The summed E-state index contributed by atoms with van der Waals surface area (Å²) in [5.74, 6) is -0.441. The molecule has 104 valence electrons. The van der Waals surface area contributed by atoms with Crippen molar-refractivity contribution in [2.45, 2.75) is 25.4 Å². The van der Waals surface area contributed by atoms with Gasteiger partial charge in [0.05, 0.1) is 5.69 Å². The molecule has 0 saturated heterocycles. The summed E-state index contributed by atoms with van der Waals surface area (Å²) in [5, 5.41) is 21.3. The SMILES string of the molecule is N#Cc1ncn(-c2ccc(CNC3CC3)cc2F)c1C#N.